The Morgan fingerprint density at radius 3 is 2.92 bits per heavy atom. The fourth-order valence-electron chi connectivity index (χ4n) is 4.09. The van der Waals surface area contributed by atoms with Gasteiger partial charge in [0.15, 0.2) is 0 Å². The van der Waals surface area contributed by atoms with E-state index in [2.05, 4.69) is 22.0 Å². The maximum absolute atomic E-state index is 12.1. The zero-order valence-corrected chi connectivity index (χ0v) is 14.4. The normalized spacial score (nSPS) is 17.4. The molecule has 4 nitrogen and oxygen atoms in total. The van der Waals surface area contributed by atoms with Crippen LogP contribution in [0.4, 0.5) is 0 Å². The summed E-state index contributed by atoms with van der Waals surface area (Å²) in [5.41, 5.74) is 4.17. The Morgan fingerprint density at radius 1 is 1.29 bits per heavy atom. The molecule has 0 radical (unpaired) electrons. The van der Waals surface area contributed by atoms with Gasteiger partial charge < -0.3 is 14.6 Å². The number of carbonyl (C=O) groups excluding carboxylic acids is 1. The molecule has 4 rings (SSSR count). The van der Waals surface area contributed by atoms with Crippen LogP contribution in [0.15, 0.2) is 18.2 Å². The molecule has 2 heterocycles. The molecule has 1 saturated carbocycles. The maximum Gasteiger partial charge on any atom is 0.223 e. The monoisotopic (exact) mass is 326 g/mol. The molecule has 0 saturated heterocycles. The number of ether oxygens (including phenoxy) is 1. The van der Waals surface area contributed by atoms with Crippen LogP contribution in [-0.2, 0) is 24.2 Å². The molecule has 0 spiro atoms. The molecule has 0 bridgehead atoms. The summed E-state index contributed by atoms with van der Waals surface area (Å²) in [6, 6.07) is 6.38. The minimum atomic E-state index is 0.246. The molecule has 2 aliphatic rings. The summed E-state index contributed by atoms with van der Waals surface area (Å²) in [6.07, 6.45) is 7.89. The Morgan fingerprint density at radius 2 is 2.17 bits per heavy atom. The second kappa shape index (κ2) is 6.50. The van der Waals surface area contributed by atoms with Gasteiger partial charge in [-0.2, -0.15) is 0 Å². The first-order valence-electron chi connectivity index (χ1n) is 9.23. The molecular weight excluding hydrogens is 300 g/mol. The lowest BCUT2D eigenvalue weighted by atomic mass is 9.85. The van der Waals surface area contributed by atoms with Crippen molar-refractivity contribution in [2.75, 3.05) is 13.7 Å². The highest BCUT2D eigenvalue weighted by Gasteiger charge is 2.25. The Balaban J connectivity index is 1.59. The van der Waals surface area contributed by atoms with Crippen LogP contribution in [0.25, 0.3) is 10.9 Å². The van der Waals surface area contributed by atoms with Crippen LogP contribution in [0.1, 0.15) is 43.4 Å². The Kier molecular flexibility index (Phi) is 4.21. The van der Waals surface area contributed by atoms with Gasteiger partial charge in [-0.05, 0) is 62.3 Å². The molecule has 1 aliphatic carbocycles. The van der Waals surface area contributed by atoms with Crippen molar-refractivity contribution >= 4 is 16.8 Å². The van der Waals surface area contributed by atoms with Gasteiger partial charge >= 0.3 is 0 Å². The van der Waals surface area contributed by atoms with E-state index in [1.807, 2.05) is 6.07 Å². The molecular formula is C20H26N2O2. The third-order valence-electron chi connectivity index (χ3n) is 5.69. The van der Waals surface area contributed by atoms with Crippen LogP contribution < -0.4 is 10.1 Å². The van der Waals surface area contributed by atoms with E-state index in [1.165, 1.54) is 41.4 Å². The number of aryl methyl sites for hydroxylation is 1. The van der Waals surface area contributed by atoms with E-state index < -0.39 is 0 Å². The van der Waals surface area contributed by atoms with E-state index in [-0.39, 0.29) is 11.8 Å². The quantitative estimate of drug-likeness (QED) is 0.914. The average molecular weight is 326 g/mol. The highest BCUT2D eigenvalue weighted by molar-refractivity contribution is 5.87. The summed E-state index contributed by atoms with van der Waals surface area (Å²) in [5, 5.41) is 4.44. The number of benzene rings is 1. The van der Waals surface area contributed by atoms with Gasteiger partial charge in [-0.1, -0.05) is 6.42 Å². The van der Waals surface area contributed by atoms with Crippen LogP contribution in [0.2, 0.25) is 0 Å². The number of nitrogens with zero attached hydrogens (tertiary/aromatic N) is 1. The molecule has 0 unspecified atom stereocenters. The second-order valence-corrected chi connectivity index (χ2v) is 7.09. The van der Waals surface area contributed by atoms with Gasteiger partial charge in [-0.3, -0.25) is 4.79 Å². The van der Waals surface area contributed by atoms with Crippen molar-refractivity contribution in [3.8, 4) is 5.75 Å². The largest absolute Gasteiger partial charge is 0.497 e. The lowest BCUT2D eigenvalue weighted by molar-refractivity contribution is -0.127. The lowest BCUT2D eigenvalue weighted by Gasteiger charge is -2.24. The van der Waals surface area contributed by atoms with E-state index in [9.17, 15) is 4.79 Å². The molecule has 1 N–H and O–H groups in total. The van der Waals surface area contributed by atoms with Crippen molar-refractivity contribution in [2.45, 2.75) is 51.5 Å². The van der Waals surface area contributed by atoms with E-state index in [0.29, 0.717) is 0 Å². The number of hydrogen-bond acceptors (Lipinski definition) is 2. The van der Waals surface area contributed by atoms with Crippen molar-refractivity contribution in [2.24, 2.45) is 5.92 Å². The topological polar surface area (TPSA) is 43.3 Å². The number of carbonyl (C=O) groups is 1. The summed E-state index contributed by atoms with van der Waals surface area (Å²) in [4.78, 5) is 12.1. The van der Waals surface area contributed by atoms with Gasteiger partial charge in [0, 0.05) is 35.6 Å². The van der Waals surface area contributed by atoms with Gasteiger partial charge in [-0.25, -0.2) is 0 Å². The highest BCUT2D eigenvalue weighted by Crippen LogP contribution is 2.33. The minimum Gasteiger partial charge on any atom is -0.497 e. The molecule has 4 heteroatoms. The molecule has 2 aromatic rings. The third kappa shape index (κ3) is 2.68. The zero-order valence-electron chi connectivity index (χ0n) is 14.4. The van der Waals surface area contributed by atoms with E-state index in [0.717, 1.165) is 44.5 Å². The van der Waals surface area contributed by atoms with E-state index in [1.54, 1.807) is 7.11 Å². The average Bonchev–Trinajstić information content (AvgIpc) is 2.87. The lowest BCUT2D eigenvalue weighted by Crippen LogP contribution is -2.35. The third-order valence-corrected chi connectivity index (χ3v) is 5.69. The smallest absolute Gasteiger partial charge is 0.223 e. The van der Waals surface area contributed by atoms with E-state index in [4.69, 9.17) is 4.74 Å². The SMILES string of the molecule is COc1ccc2c(c1)c(CCNC(=O)C1CCC1)c1n2CCCC1. The Labute approximate surface area is 143 Å². The number of methoxy groups -OCH3 is 1. The van der Waals surface area contributed by atoms with E-state index >= 15 is 0 Å². The number of amides is 1. The van der Waals surface area contributed by atoms with Crippen molar-refractivity contribution in [1.29, 1.82) is 0 Å². The van der Waals surface area contributed by atoms with Crippen molar-refractivity contribution < 1.29 is 9.53 Å². The van der Waals surface area contributed by atoms with Gasteiger partial charge in [0.05, 0.1) is 7.11 Å². The number of rotatable bonds is 5. The van der Waals surface area contributed by atoms with Crippen molar-refractivity contribution in [3.05, 3.63) is 29.5 Å². The van der Waals surface area contributed by atoms with Gasteiger partial charge in [0.1, 0.15) is 5.75 Å². The highest BCUT2D eigenvalue weighted by atomic mass is 16.5. The first-order valence-corrected chi connectivity index (χ1v) is 9.23. The minimum absolute atomic E-state index is 0.246. The summed E-state index contributed by atoms with van der Waals surface area (Å²) in [5.74, 6) is 1.42. The van der Waals surface area contributed by atoms with Gasteiger partial charge in [-0.15, -0.1) is 0 Å². The Hall–Kier alpha value is -1.97. The van der Waals surface area contributed by atoms with Gasteiger partial charge in [0.25, 0.3) is 0 Å². The fourth-order valence-corrected chi connectivity index (χ4v) is 4.09. The zero-order chi connectivity index (χ0) is 16.5. The first kappa shape index (κ1) is 15.6. The van der Waals surface area contributed by atoms with Crippen LogP contribution in [0, 0.1) is 5.92 Å². The van der Waals surface area contributed by atoms with Crippen molar-refractivity contribution in [3.63, 3.8) is 0 Å². The number of nitrogens with one attached hydrogen (secondary N) is 1. The van der Waals surface area contributed by atoms with Gasteiger partial charge in [0.2, 0.25) is 5.91 Å². The standard InChI is InChI=1S/C20H26N2O2/c1-24-15-8-9-19-17(13-15)16(18-7-2-3-12-22(18)19)10-11-21-20(23)14-5-4-6-14/h8-9,13-14H,2-7,10-12H2,1H3,(H,21,23). The number of fused-ring (bicyclic) bond motifs is 3. The molecule has 1 aromatic carbocycles. The molecule has 1 aliphatic heterocycles. The van der Waals surface area contributed by atoms with Crippen LogP contribution in [0.5, 0.6) is 5.75 Å². The molecule has 1 aromatic heterocycles. The number of aromatic nitrogens is 1. The summed E-state index contributed by atoms with van der Waals surface area (Å²) < 4.78 is 7.90. The first-order chi connectivity index (χ1) is 11.8. The predicted molar refractivity (Wildman–Crippen MR) is 95.5 cm³/mol. The molecule has 128 valence electrons. The molecule has 24 heavy (non-hydrogen) atoms. The molecule has 1 amide bonds. The van der Waals surface area contributed by atoms with Crippen LogP contribution in [-0.4, -0.2) is 24.1 Å². The summed E-state index contributed by atoms with van der Waals surface area (Å²) in [7, 11) is 1.72. The maximum atomic E-state index is 12.1. The second-order valence-electron chi connectivity index (χ2n) is 7.09. The summed E-state index contributed by atoms with van der Waals surface area (Å²) in [6.45, 7) is 1.84. The Bertz CT molecular complexity index is 759. The van der Waals surface area contributed by atoms with Crippen molar-refractivity contribution in [1.82, 2.24) is 9.88 Å². The summed E-state index contributed by atoms with van der Waals surface area (Å²) >= 11 is 0. The predicted octanol–water partition coefficient (Wildman–Crippen LogP) is 3.45. The number of hydrogen-bond donors (Lipinski definition) is 1. The fraction of sp³-hybridized carbons (Fsp3) is 0.550. The molecule has 0 atom stereocenters. The van der Waals surface area contributed by atoms with Crippen LogP contribution >= 0.6 is 0 Å². The molecule has 1 fully saturated rings. The van der Waals surface area contributed by atoms with Crippen LogP contribution in [0.3, 0.4) is 0 Å².